The van der Waals surface area contributed by atoms with Gasteiger partial charge in [-0.2, -0.15) is 21.6 Å². The van der Waals surface area contributed by atoms with Gasteiger partial charge in [0, 0.05) is 99.8 Å². The van der Waals surface area contributed by atoms with Crippen LogP contribution in [0, 0.1) is 43.9 Å². The van der Waals surface area contributed by atoms with Crippen molar-refractivity contribution >= 4 is 103 Å². The Morgan fingerprint density at radius 2 is 0.730 bits per heavy atom. The molecule has 8 aromatic heterocycles. The number of aliphatic hydroxyl groups excluding tert-OH is 2. The van der Waals surface area contributed by atoms with E-state index in [1.165, 1.54) is 77.4 Å². The van der Waals surface area contributed by atoms with E-state index in [-0.39, 0.29) is 63.9 Å². The molecule has 23 heteroatoms. The molecule has 8 heterocycles. The maximum Gasteiger partial charge on any atom is 0.522 e. The number of para-hydroxylation sites is 4. The fourth-order valence-electron chi connectivity index (χ4n) is 18.7. The van der Waals surface area contributed by atoms with Crippen LogP contribution in [0.1, 0.15) is 151 Å². The fraction of sp³-hybridized carbons (Fsp3) is 0.248. The Morgan fingerprint density at radius 3 is 1.09 bits per heavy atom. The minimum absolute atomic E-state index is 0. The summed E-state index contributed by atoms with van der Waals surface area (Å²) in [4.78, 5) is 30.0. The summed E-state index contributed by atoms with van der Waals surface area (Å²) in [5.41, 5.74) is 28.9. The summed E-state index contributed by atoms with van der Waals surface area (Å²) in [6, 6.07) is 114. The molecule has 0 saturated carbocycles. The number of nitrogens with zero attached hydrogens (tertiary/aromatic N) is 8. The molecule has 0 aliphatic rings. The van der Waals surface area contributed by atoms with Crippen LogP contribution in [0.25, 0.3) is 168 Å². The Kier molecular flexibility index (Phi) is 38.1. The van der Waals surface area contributed by atoms with E-state index < -0.39 is 31.8 Å². The van der Waals surface area contributed by atoms with Crippen molar-refractivity contribution in [1.29, 1.82) is 0 Å². The number of benzene rings is 12. The molecule has 148 heavy (non-hydrogen) atoms. The molecule has 0 bridgehead atoms. The standard InChI is InChI=1S/C43H37N3O.C43H36N3O.2C18H24NSi.CHF3O3S.2CH4O.2Ir/c2*1-26(2)34-24-31(29-14-8-6-9-15-29)25-35(27(3)4)40(34)46-38-19-13-12-18-37(38)44-42(46)33-21-20-28(5)39-32-22-23-36(30-16-10-7-11-17-30)45-43(32)47-41(33)39;2*1-14(2)11-16-12-17(15-9-7-6-8-10-15)19-13-18(16)20(3,4)5;2-1(3,4)8(5,6)7;2*1-2;;/h6-27H,1-5H3;6-20,22-27H,1-5H3;2*6-9,12-14H,11H2,1-5H3;(H,5,6,7);2*2H,1H3;;/q;3*-1;;;;;. The summed E-state index contributed by atoms with van der Waals surface area (Å²) in [7, 11) is -6.52. The van der Waals surface area contributed by atoms with E-state index in [0.29, 0.717) is 23.3 Å². The zero-order valence-electron chi connectivity index (χ0n) is 88.1. The van der Waals surface area contributed by atoms with Gasteiger partial charge < -0.3 is 33.6 Å². The van der Waals surface area contributed by atoms with Gasteiger partial charge in [-0.05, 0) is 206 Å². The second-order valence-corrected chi connectivity index (χ2v) is 52.2. The molecule has 12 aromatic carbocycles. The number of pyridine rings is 4. The van der Waals surface area contributed by atoms with Crippen molar-refractivity contribution in [2.75, 3.05) is 14.2 Å². The number of rotatable bonds is 20. The van der Waals surface area contributed by atoms with E-state index in [9.17, 15) is 13.2 Å². The van der Waals surface area contributed by atoms with Gasteiger partial charge in [-0.1, -0.05) is 315 Å². The van der Waals surface area contributed by atoms with Gasteiger partial charge in [-0.25, -0.2) is 15.0 Å². The first kappa shape index (κ1) is 114. The molecule has 0 atom stereocenters. The number of furan rings is 2. The van der Waals surface area contributed by atoms with Gasteiger partial charge in [-0.15, -0.1) is 89.5 Å². The molecular formula is C125H130F3Ir2N8O7SSi2-3. The van der Waals surface area contributed by atoms with E-state index >= 15 is 0 Å². The maximum absolute atomic E-state index is 10.7. The largest absolute Gasteiger partial charge is 0.522 e. The van der Waals surface area contributed by atoms with Crippen molar-refractivity contribution in [2.24, 2.45) is 11.8 Å². The zero-order chi connectivity index (χ0) is 105. The molecule has 0 fully saturated rings. The molecule has 768 valence electrons. The van der Waals surface area contributed by atoms with Gasteiger partial charge in [0.15, 0.2) is 0 Å². The van der Waals surface area contributed by atoms with Crippen LogP contribution >= 0.6 is 0 Å². The van der Waals surface area contributed by atoms with Crippen LogP contribution in [0.5, 0.6) is 0 Å². The number of imidazole rings is 2. The van der Waals surface area contributed by atoms with Crippen molar-refractivity contribution in [2.45, 2.75) is 178 Å². The van der Waals surface area contributed by atoms with Gasteiger partial charge in [0.25, 0.3) is 0 Å². The second kappa shape index (κ2) is 49.5. The number of hydrogen-bond acceptors (Lipinski definition) is 12. The smallest absolute Gasteiger partial charge is 0.486 e. The molecule has 0 saturated heterocycles. The van der Waals surface area contributed by atoms with Gasteiger partial charge in [-0.3, -0.25) is 14.1 Å². The fourth-order valence-corrected chi connectivity index (χ4v) is 21.9. The summed E-state index contributed by atoms with van der Waals surface area (Å²) in [5.74, 6) is 4.13. The van der Waals surface area contributed by atoms with E-state index in [4.69, 9.17) is 52.0 Å². The Bertz CT molecular complexity index is 7540. The van der Waals surface area contributed by atoms with Crippen molar-refractivity contribution in [3.05, 3.63) is 372 Å². The van der Waals surface area contributed by atoms with Crippen molar-refractivity contribution < 1.29 is 85.4 Å². The molecule has 0 spiro atoms. The summed E-state index contributed by atoms with van der Waals surface area (Å²) < 4.78 is 75.7. The van der Waals surface area contributed by atoms with Crippen molar-refractivity contribution in [3.63, 3.8) is 0 Å². The molecule has 15 nitrogen and oxygen atoms in total. The van der Waals surface area contributed by atoms with E-state index in [2.05, 4.69) is 410 Å². The average molecular weight is 2390 g/mol. The van der Waals surface area contributed by atoms with Gasteiger partial charge >= 0.3 is 15.6 Å². The summed E-state index contributed by atoms with van der Waals surface area (Å²) >= 11 is 0. The van der Waals surface area contributed by atoms with Crippen molar-refractivity contribution in [1.82, 2.24) is 39.0 Å². The van der Waals surface area contributed by atoms with Crippen LogP contribution < -0.4 is 10.4 Å². The first-order chi connectivity index (χ1) is 69.8. The predicted octanol–water partition coefficient (Wildman–Crippen LogP) is 31.7. The Hall–Kier alpha value is -12.9. The summed E-state index contributed by atoms with van der Waals surface area (Å²) in [6.07, 6.45) is 6.48. The van der Waals surface area contributed by atoms with E-state index in [1.807, 2.05) is 72.8 Å². The minimum Gasteiger partial charge on any atom is -0.486 e. The van der Waals surface area contributed by atoms with Gasteiger partial charge in [0.05, 0.1) is 72.3 Å². The minimum atomic E-state index is -5.84. The van der Waals surface area contributed by atoms with Crippen LogP contribution in [-0.2, 0) is 63.2 Å². The number of halogens is 3. The first-order valence-electron chi connectivity index (χ1n) is 49.8. The predicted molar refractivity (Wildman–Crippen MR) is 604 cm³/mol. The molecule has 2 radical (unpaired) electrons. The number of aryl methyl sites for hydroxylation is 2. The summed E-state index contributed by atoms with van der Waals surface area (Å²) in [6.45, 7) is 46.0. The monoisotopic (exact) mass is 2390 g/mol. The molecule has 0 aliphatic carbocycles. The SMILES string of the molecule is CC(C)Cc1cc(-c2[c-]cccc2)ncc1[Si](C)(C)C.CC(C)Cc1cc(-c2[c-]cccc2)ncc1[Si](C)(C)C.CO.CO.Cc1c[c-]c(-c2nc3ccccc3n2-c2c(C(C)C)cc(-c3ccccc3)cc2C(C)C)c2oc3nc(-c4ccccc4)ccc3c12.Cc1ccc(-c2nc3ccccc3n2-c2c(C(C)C)cc(-c3ccccc3)cc2C(C)C)c2oc3nc(-c4ccccc4)ccc3c12.O=S(=O)(O)C(F)(F)F.[Ir].[Ir]. The number of aromatic nitrogens is 8. The van der Waals surface area contributed by atoms with Crippen molar-refractivity contribution in [3.8, 4) is 101 Å². The third-order valence-electron chi connectivity index (χ3n) is 25.6. The van der Waals surface area contributed by atoms with E-state index in [0.717, 1.165) is 161 Å². The van der Waals surface area contributed by atoms with Crippen LogP contribution in [0.2, 0.25) is 39.3 Å². The maximum atomic E-state index is 10.7. The number of aliphatic hydroxyl groups is 2. The molecule has 0 aliphatic heterocycles. The first-order valence-corrected chi connectivity index (χ1v) is 58.2. The Balaban J connectivity index is 0.000000179. The Morgan fingerprint density at radius 1 is 0.385 bits per heavy atom. The molecule has 20 rings (SSSR count). The Labute approximate surface area is 898 Å². The van der Waals surface area contributed by atoms with Crippen LogP contribution in [0.15, 0.2) is 318 Å². The number of alkyl halides is 3. The van der Waals surface area contributed by atoms with Crippen LogP contribution in [-0.4, -0.2) is 98.1 Å². The molecule has 20 aromatic rings. The van der Waals surface area contributed by atoms with E-state index in [1.54, 1.807) is 0 Å². The third kappa shape index (κ3) is 25.8. The summed E-state index contributed by atoms with van der Waals surface area (Å²) in [5, 5.41) is 21.1. The molecule has 0 amide bonds. The second-order valence-electron chi connectivity index (χ2n) is 40.7. The number of fused-ring (bicyclic) bond motifs is 8. The topological polar surface area (TPSA) is 208 Å². The third-order valence-corrected chi connectivity index (χ3v) is 30.3. The van der Waals surface area contributed by atoms with Crippen LogP contribution in [0.3, 0.4) is 0 Å². The normalized spacial score (nSPS) is 11.6. The van der Waals surface area contributed by atoms with Gasteiger partial charge in [0.2, 0.25) is 11.4 Å². The molecule has 0 unspecified atom stereocenters. The average Bonchev–Trinajstić information content (AvgIpc) is 1.57. The quantitative estimate of drug-likeness (QED) is 0.0281. The zero-order valence-corrected chi connectivity index (χ0v) is 95.7. The van der Waals surface area contributed by atoms with Gasteiger partial charge in [0.1, 0.15) is 11.4 Å². The van der Waals surface area contributed by atoms with Crippen LogP contribution in [0.4, 0.5) is 13.2 Å². The molecule has 3 N–H and O–H groups in total. The number of hydrogen-bond donors (Lipinski definition) is 3. The molecular weight excluding hydrogens is 2260 g/mol.